The third-order valence-electron chi connectivity index (χ3n) is 2.96. The highest BCUT2D eigenvalue weighted by Crippen LogP contribution is 2.09. The number of hydrogen-bond acceptors (Lipinski definition) is 3. The third kappa shape index (κ3) is 4.21. The van der Waals surface area contributed by atoms with E-state index in [1.165, 1.54) is 6.20 Å². The van der Waals surface area contributed by atoms with Crippen molar-refractivity contribution in [1.29, 1.82) is 0 Å². The molecule has 0 saturated carbocycles. The van der Waals surface area contributed by atoms with Gasteiger partial charge in [0, 0.05) is 11.9 Å². The summed E-state index contributed by atoms with van der Waals surface area (Å²) in [6, 6.07) is 13.8. The molecule has 5 heteroatoms. The maximum absolute atomic E-state index is 11.9. The summed E-state index contributed by atoms with van der Waals surface area (Å²) in [5, 5.41) is 4.69. The summed E-state index contributed by atoms with van der Waals surface area (Å²) in [5.41, 5.74) is 8.35. The Morgan fingerprint density at radius 2 is 1.86 bits per heavy atom. The smallest absolute Gasteiger partial charge is 0.325 e. The summed E-state index contributed by atoms with van der Waals surface area (Å²) in [4.78, 5) is 23.5. The average molecular weight is 295 g/mol. The predicted molar refractivity (Wildman–Crippen MR) is 87.1 cm³/mol. The summed E-state index contributed by atoms with van der Waals surface area (Å²) in [6.07, 6.45) is 3.22. The van der Waals surface area contributed by atoms with Gasteiger partial charge in [0.1, 0.15) is 0 Å². The van der Waals surface area contributed by atoms with E-state index in [9.17, 15) is 9.59 Å². The maximum Gasteiger partial charge on any atom is 0.325 e. The van der Waals surface area contributed by atoms with Crippen molar-refractivity contribution < 1.29 is 9.59 Å². The lowest BCUT2D eigenvalue weighted by molar-refractivity contribution is 0.0965. The average Bonchev–Trinajstić information content (AvgIpc) is 2.47. The largest absolute Gasteiger partial charge is 0.398 e. The van der Waals surface area contributed by atoms with Crippen LogP contribution in [0.4, 0.5) is 10.5 Å². The molecule has 0 saturated heterocycles. The van der Waals surface area contributed by atoms with Gasteiger partial charge in [-0.25, -0.2) is 4.79 Å². The van der Waals surface area contributed by atoms with E-state index in [4.69, 9.17) is 5.73 Å². The highest BCUT2D eigenvalue weighted by atomic mass is 16.2. The minimum absolute atomic E-state index is 0.264. The van der Waals surface area contributed by atoms with E-state index in [1.54, 1.807) is 30.3 Å². The molecule has 2 rings (SSSR count). The van der Waals surface area contributed by atoms with Crippen LogP contribution in [-0.4, -0.2) is 11.9 Å². The minimum Gasteiger partial charge on any atom is -0.398 e. The second kappa shape index (κ2) is 7.08. The number of anilines is 1. The molecule has 0 unspecified atom stereocenters. The van der Waals surface area contributed by atoms with Gasteiger partial charge in [0.15, 0.2) is 0 Å². The van der Waals surface area contributed by atoms with Gasteiger partial charge in [0.05, 0.1) is 5.56 Å². The first kappa shape index (κ1) is 15.3. The number of nitrogen functional groups attached to an aromatic ring is 1. The normalized spacial score (nSPS) is 10.4. The molecule has 0 aliphatic heterocycles. The van der Waals surface area contributed by atoms with Crippen LogP contribution >= 0.6 is 0 Å². The van der Waals surface area contributed by atoms with Crippen LogP contribution in [0.3, 0.4) is 0 Å². The van der Waals surface area contributed by atoms with E-state index in [1.807, 2.05) is 31.2 Å². The molecule has 2 aromatic rings. The van der Waals surface area contributed by atoms with Gasteiger partial charge in [0.25, 0.3) is 5.91 Å². The van der Waals surface area contributed by atoms with Gasteiger partial charge in [-0.05, 0) is 30.7 Å². The maximum atomic E-state index is 11.9. The van der Waals surface area contributed by atoms with E-state index in [-0.39, 0.29) is 5.56 Å². The SMILES string of the molecule is Cc1cccc(/C=C/NC(=O)NC(=O)c2ccccc2N)c1. The summed E-state index contributed by atoms with van der Waals surface area (Å²) >= 11 is 0. The fraction of sp³-hybridized carbons (Fsp3) is 0.0588. The zero-order valence-corrected chi connectivity index (χ0v) is 12.2. The molecular weight excluding hydrogens is 278 g/mol. The zero-order valence-electron chi connectivity index (χ0n) is 12.2. The van der Waals surface area contributed by atoms with Crippen LogP contribution in [0.15, 0.2) is 54.7 Å². The monoisotopic (exact) mass is 295 g/mol. The molecule has 0 spiro atoms. The van der Waals surface area contributed by atoms with E-state index in [0.29, 0.717) is 5.69 Å². The number of imide groups is 1. The number of carbonyl (C=O) groups is 2. The van der Waals surface area contributed by atoms with Gasteiger partial charge in [-0.1, -0.05) is 42.0 Å². The van der Waals surface area contributed by atoms with Crippen LogP contribution in [0.1, 0.15) is 21.5 Å². The van der Waals surface area contributed by atoms with Crippen LogP contribution in [-0.2, 0) is 0 Å². The zero-order chi connectivity index (χ0) is 15.9. The summed E-state index contributed by atoms with van der Waals surface area (Å²) < 4.78 is 0. The lowest BCUT2D eigenvalue weighted by Gasteiger charge is -2.05. The number of aryl methyl sites for hydroxylation is 1. The Kier molecular flexibility index (Phi) is 4.93. The molecule has 0 atom stereocenters. The van der Waals surface area contributed by atoms with Crippen LogP contribution in [0, 0.1) is 6.92 Å². The quantitative estimate of drug-likeness (QED) is 0.761. The van der Waals surface area contributed by atoms with E-state index in [0.717, 1.165) is 11.1 Å². The molecule has 0 aliphatic rings. The molecule has 0 aliphatic carbocycles. The number of urea groups is 1. The molecule has 5 nitrogen and oxygen atoms in total. The third-order valence-corrected chi connectivity index (χ3v) is 2.96. The van der Waals surface area contributed by atoms with Gasteiger partial charge in [-0.2, -0.15) is 0 Å². The van der Waals surface area contributed by atoms with Crippen molar-refractivity contribution in [3.05, 3.63) is 71.4 Å². The second-order valence-corrected chi connectivity index (χ2v) is 4.76. The Morgan fingerprint density at radius 1 is 1.09 bits per heavy atom. The highest BCUT2D eigenvalue weighted by Gasteiger charge is 2.11. The highest BCUT2D eigenvalue weighted by molar-refractivity contribution is 6.07. The van der Waals surface area contributed by atoms with Crippen LogP contribution in [0.2, 0.25) is 0 Å². The Labute approximate surface area is 128 Å². The molecular formula is C17H17N3O2. The van der Waals surface area contributed by atoms with Crippen molar-refractivity contribution in [2.75, 3.05) is 5.73 Å². The molecule has 0 fully saturated rings. The van der Waals surface area contributed by atoms with Gasteiger partial charge in [0.2, 0.25) is 0 Å². The number of benzene rings is 2. The lowest BCUT2D eigenvalue weighted by atomic mass is 10.1. The Morgan fingerprint density at radius 3 is 2.59 bits per heavy atom. The van der Waals surface area contributed by atoms with Crippen molar-refractivity contribution in [1.82, 2.24) is 10.6 Å². The Balaban J connectivity index is 1.91. The fourth-order valence-corrected chi connectivity index (χ4v) is 1.90. The minimum atomic E-state index is -0.614. The van der Waals surface area contributed by atoms with Gasteiger partial charge < -0.3 is 11.1 Å². The first-order valence-corrected chi connectivity index (χ1v) is 6.76. The molecule has 0 heterocycles. The van der Waals surface area contributed by atoms with E-state index < -0.39 is 11.9 Å². The molecule has 2 aromatic carbocycles. The van der Waals surface area contributed by atoms with Crippen molar-refractivity contribution >= 4 is 23.7 Å². The molecule has 0 radical (unpaired) electrons. The first-order chi connectivity index (χ1) is 10.6. The van der Waals surface area contributed by atoms with Crippen LogP contribution < -0.4 is 16.4 Å². The fourth-order valence-electron chi connectivity index (χ4n) is 1.90. The number of nitrogens with two attached hydrogens (primary N) is 1. The number of amides is 3. The summed E-state index contributed by atoms with van der Waals surface area (Å²) in [5.74, 6) is -0.542. The molecule has 112 valence electrons. The number of para-hydroxylation sites is 1. The number of rotatable bonds is 3. The van der Waals surface area contributed by atoms with Crippen molar-refractivity contribution in [2.24, 2.45) is 0 Å². The van der Waals surface area contributed by atoms with Crippen LogP contribution in [0.5, 0.6) is 0 Å². The summed E-state index contributed by atoms with van der Waals surface area (Å²) in [6.45, 7) is 1.99. The lowest BCUT2D eigenvalue weighted by Crippen LogP contribution is -2.37. The standard InChI is InChI=1S/C17H17N3O2/c1-12-5-4-6-13(11-12)9-10-19-17(22)20-16(21)14-7-2-3-8-15(14)18/h2-11H,18H2,1H3,(H2,19,20,21,22)/b10-9+. The molecule has 0 aromatic heterocycles. The molecule has 22 heavy (non-hydrogen) atoms. The number of hydrogen-bond donors (Lipinski definition) is 3. The van der Waals surface area contributed by atoms with Crippen molar-refractivity contribution in [3.8, 4) is 0 Å². The second-order valence-electron chi connectivity index (χ2n) is 4.76. The molecule has 0 bridgehead atoms. The Hall–Kier alpha value is -3.08. The molecule has 4 N–H and O–H groups in total. The van der Waals surface area contributed by atoms with Crippen molar-refractivity contribution in [2.45, 2.75) is 6.92 Å². The van der Waals surface area contributed by atoms with E-state index in [2.05, 4.69) is 10.6 Å². The number of nitrogens with one attached hydrogen (secondary N) is 2. The van der Waals surface area contributed by atoms with Crippen LogP contribution in [0.25, 0.3) is 6.08 Å². The number of carbonyl (C=O) groups excluding carboxylic acids is 2. The topological polar surface area (TPSA) is 84.2 Å². The Bertz CT molecular complexity index is 723. The van der Waals surface area contributed by atoms with Gasteiger partial charge >= 0.3 is 6.03 Å². The van der Waals surface area contributed by atoms with Gasteiger partial charge in [-0.15, -0.1) is 0 Å². The first-order valence-electron chi connectivity index (χ1n) is 6.76. The summed E-state index contributed by atoms with van der Waals surface area (Å²) in [7, 11) is 0. The van der Waals surface area contributed by atoms with Crippen molar-refractivity contribution in [3.63, 3.8) is 0 Å². The molecule has 3 amide bonds. The van der Waals surface area contributed by atoms with E-state index >= 15 is 0 Å². The van der Waals surface area contributed by atoms with Gasteiger partial charge in [-0.3, -0.25) is 10.1 Å². The predicted octanol–water partition coefficient (Wildman–Crippen LogP) is 2.69.